The third-order valence-electron chi connectivity index (χ3n) is 4.31. The van der Waals surface area contributed by atoms with Crippen molar-refractivity contribution in [2.45, 2.75) is 26.4 Å². The molecule has 2 aromatic rings. The van der Waals surface area contributed by atoms with Crippen molar-refractivity contribution >= 4 is 23.2 Å². The summed E-state index contributed by atoms with van der Waals surface area (Å²) in [6.07, 6.45) is 1.33. The maximum atomic E-state index is 14.9. The Labute approximate surface area is 145 Å². The van der Waals surface area contributed by atoms with Crippen LogP contribution in [0.15, 0.2) is 30.3 Å². The largest absolute Gasteiger partial charge is 0.396 e. The van der Waals surface area contributed by atoms with Gasteiger partial charge >= 0.3 is 0 Å². The van der Waals surface area contributed by atoms with Crippen molar-refractivity contribution in [3.05, 3.63) is 52.2 Å². The number of carbonyl (C=O) groups is 1. The lowest BCUT2D eigenvalue weighted by Gasteiger charge is -2.21. The molecule has 1 unspecified atom stereocenters. The minimum Gasteiger partial charge on any atom is -0.396 e. The summed E-state index contributed by atoms with van der Waals surface area (Å²) < 4.78 is 14.9. The number of anilines is 1. The number of rotatable bonds is 4. The van der Waals surface area contributed by atoms with E-state index in [1.807, 2.05) is 37.3 Å². The van der Waals surface area contributed by atoms with Gasteiger partial charge in [-0.2, -0.15) is 0 Å². The number of hydrogen-bond donors (Lipinski definition) is 2. The van der Waals surface area contributed by atoms with Gasteiger partial charge in [-0.15, -0.1) is 10.2 Å². The molecular formula is C19H21FN4O. The summed E-state index contributed by atoms with van der Waals surface area (Å²) in [4.78, 5) is 12.2. The van der Waals surface area contributed by atoms with Crippen molar-refractivity contribution in [2.24, 2.45) is 5.92 Å². The van der Waals surface area contributed by atoms with Gasteiger partial charge in [0.2, 0.25) is 0 Å². The number of nitrogens with two attached hydrogens (primary N) is 1. The predicted molar refractivity (Wildman–Crippen MR) is 95.8 cm³/mol. The molecule has 0 saturated carbocycles. The average molecular weight is 340 g/mol. The number of halogens is 1. The molecule has 5 nitrogen and oxygen atoms in total. The van der Waals surface area contributed by atoms with E-state index in [2.05, 4.69) is 15.5 Å². The SMILES string of the molecule is CCCNC(=O)c1nnc2c(c1N)=C[C@H](C)C(F)C=2c1ccccc1. The van der Waals surface area contributed by atoms with E-state index in [1.165, 1.54) is 0 Å². The van der Waals surface area contributed by atoms with Gasteiger partial charge in [-0.25, -0.2) is 4.39 Å². The Morgan fingerprint density at radius 1 is 1.28 bits per heavy atom. The minimum atomic E-state index is -1.21. The second kappa shape index (κ2) is 7.01. The Bertz CT molecular complexity index is 911. The van der Waals surface area contributed by atoms with Gasteiger partial charge in [0, 0.05) is 23.3 Å². The first kappa shape index (κ1) is 17.1. The molecule has 6 heteroatoms. The molecule has 2 atom stereocenters. The molecule has 0 spiro atoms. The quantitative estimate of drug-likeness (QED) is 0.875. The number of carbonyl (C=O) groups excluding carboxylic acids is 1. The van der Waals surface area contributed by atoms with Crippen molar-refractivity contribution in [1.29, 1.82) is 0 Å². The van der Waals surface area contributed by atoms with E-state index < -0.39 is 6.17 Å². The highest BCUT2D eigenvalue weighted by atomic mass is 19.1. The highest BCUT2D eigenvalue weighted by Crippen LogP contribution is 2.26. The second-order valence-corrected chi connectivity index (χ2v) is 6.19. The van der Waals surface area contributed by atoms with Crippen LogP contribution in [-0.4, -0.2) is 28.8 Å². The first-order valence-corrected chi connectivity index (χ1v) is 8.40. The van der Waals surface area contributed by atoms with E-state index in [0.29, 0.717) is 22.7 Å². The van der Waals surface area contributed by atoms with Crippen molar-refractivity contribution in [3.63, 3.8) is 0 Å². The fourth-order valence-electron chi connectivity index (χ4n) is 2.98. The molecule has 130 valence electrons. The summed E-state index contributed by atoms with van der Waals surface area (Å²) in [5.74, 6) is -0.736. The Balaban J connectivity index is 2.23. The van der Waals surface area contributed by atoms with Gasteiger partial charge < -0.3 is 11.1 Å². The number of fused-ring (bicyclic) bond motifs is 1. The van der Waals surface area contributed by atoms with Crippen LogP contribution in [-0.2, 0) is 0 Å². The van der Waals surface area contributed by atoms with Crippen LogP contribution in [0.25, 0.3) is 11.6 Å². The molecule has 1 amide bonds. The Kier molecular flexibility index (Phi) is 4.79. The van der Waals surface area contributed by atoms with Gasteiger partial charge in [0.25, 0.3) is 5.91 Å². The number of hydrogen-bond acceptors (Lipinski definition) is 4. The summed E-state index contributed by atoms with van der Waals surface area (Å²) in [6.45, 7) is 4.28. The highest BCUT2D eigenvalue weighted by Gasteiger charge is 2.27. The van der Waals surface area contributed by atoms with Crippen molar-refractivity contribution in [2.75, 3.05) is 12.3 Å². The average Bonchev–Trinajstić information content (AvgIpc) is 2.62. The molecule has 0 fully saturated rings. The van der Waals surface area contributed by atoms with E-state index in [1.54, 1.807) is 13.0 Å². The summed E-state index contributed by atoms with van der Waals surface area (Å²) >= 11 is 0. The Hall–Kier alpha value is -2.76. The van der Waals surface area contributed by atoms with E-state index in [-0.39, 0.29) is 23.2 Å². The van der Waals surface area contributed by atoms with Crippen LogP contribution in [0, 0.1) is 5.92 Å². The summed E-state index contributed by atoms with van der Waals surface area (Å²) in [6, 6.07) is 9.24. The number of amides is 1. The maximum absolute atomic E-state index is 14.9. The topological polar surface area (TPSA) is 80.9 Å². The van der Waals surface area contributed by atoms with E-state index in [9.17, 15) is 9.18 Å². The first-order chi connectivity index (χ1) is 12.0. The summed E-state index contributed by atoms with van der Waals surface area (Å²) in [7, 11) is 0. The molecule has 0 bridgehead atoms. The second-order valence-electron chi connectivity index (χ2n) is 6.19. The number of nitrogens with one attached hydrogen (secondary N) is 1. The van der Waals surface area contributed by atoms with Crippen LogP contribution in [0.5, 0.6) is 0 Å². The summed E-state index contributed by atoms with van der Waals surface area (Å²) in [5.41, 5.74) is 7.73. The molecule has 0 aliphatic heterocycles. The van der Waals surface area contributed by atoms with Crippen LogP contribution in [0.2, 0.25) is 0 Å². The van der Waals surface area contributed by atoms with Gasteiger partial charge in [-0.1, -0.05) is 50.3 Å². The molecule has 1 aromatic heterocycles. The van der Waals surface area contributed by atoms with Crippen molar-refractivity contribution in [3.8, 4) is 0 Å². The molecule has 3 rings (SSSR count). The predicted octanol–water partition coefficient (Wildman–Crippen LogP) is 1.17. The maximum Gasteiger partial charge on any atom is 0.273 e. The smallest absolute Gasteiger partial charge is 0.273 e. The van der Waals surface area contributed by atoms with Gasteiger partial charge in [-0.3, -0.25) is 4.79 Å². The van der Waals surface area contributed by atoms with Gasteiger partial charge in [-0.05, 0) is 12.0 Å². The lowest BCUT2D eigenvalue weighted by atomic mass is 9.88. The van der Waals surface area contributed by atoms with Crippen molar-refractivity contribution in [1.82, 2.24) is 15.5 Å². The number of nitrogens with zero attached hydrogens (tertiary/aromatic N) is 2. The molecule has 3 N–H and O–H groups in total. The molecular weight excluding hydrogens is 319 g/mol. The highest BCUT2D eigenvalue weighted by molar-refractivity contribution is 5.97. The van der Waals surface area contributed by atoms with Crippen LogP contribution in [0.3, 0.4) is 0 Å². The standard InChI is InChI=1S/C19H21FN4O/c1-3-9-22-19(25)18-16(21)13-10-11(2)15(20)14(17(13)23-24-18)12-7-5-4-6-8-12/h4-8,10-11,15H,3,9,21H2,1-2H3,(H,22,25)/t11-,15?/m0/s1. The molecule has 25 heavy (non-hydrogen) atoms. The number of alkyl halides is 1. The van der Waals surface area contributed by atoms with Crippen LogP contribution >= 0.6 is 0 Å². The van der Waals surface area contributed by atoms with E-state index in [0.717, 1.165) is 12.0 Å². The molecule has 0 saturated heterocycles. The third-order valence-corrected chi connectivity index (χ3v) is 4.31. The zero-order chi connectivity index (χ0) is 18.0. The number of aromatic nitrogens is 2. The number of nitrogen functional groups attached to an aromatic ring is 1. The molecule has 1 aliphatic rings. The normalized spacial score (nSPS) is 19.1. The fraction of sp³-hybridized carbons (Fsp3) is 0.316. The lowest BCUT2D eigenvalue weighted by Crippen LogP contribution is -2.44. The molecule has 1 aromatic carbocycles. The molecule has 1 heterocycles. The van der Waals surface area contributed by atoms with Crippen molar-refractivity contribution < 1.29 is 9.18 Å². The van der Waals surface area contributed by atoms with Gasteiger partial charge in [0.05, 0.1) is 5.69 Å². The van der Waals surface area contributed by atoms with Crippen LogP contribution in [0.4, 0.5) is 10.1 Å². The van der Waals surface area contributed by atoms with Gasteiger partial charge in [0.15, 0.2) is 5.69 Å². The number of benzene rings is 1. The van der Waals surface area contributed by atoms with Crippen LogP contribution in [0.1, 0.15) is 36.3 Å². The Morgan fingerprint density at radius 2 is 2.00 bits per heavy atom. The minimum absolute atomic E-state index is 0.0837. The summed E-state index contributed by atoms with van der Waals surface area (Å²) in [5, 5.41) is 11.9. The van der Waals surface area contributed by atoms with E-state index in [4.69, 9.17) is 5.73 Å². The molecule has 1 aliphatic carbocycles. The van der Waals surface area contributed by atoms with Crippen LogP contribution < -0.4 is 21.6 Å². The first-order valence-electron chi connectivity index (χ1n) is 8.40. The van der Waals surface area contributed by atoms with Gasteiger partial charge in [0.1, 0.15) is 11.5 Å². The molecule has 0 radical (unpaired) electrons. The lowest BCUT2D eigenvalue weighted by molar-refractivity contribution is 0.0948. The zero-order valence-corrected chi connectivity index (χ0v) is 14.3. The Morgan fingerprint density at radius 3 is 2.68 bits per heavy atom. The fourth-order valence-corrected chi connectivity index (χ4v) is 2.98. The zero-order valence-electron chi connectivity index (χ0n) is 14.3. The third kappa shape index (κ3) is 3.12. The van der Waals surface area contributed by atoms with E-state index >= 15 is 0 Å². The monoisotopic (exact) mass is 340 g/mol.